The highest BCUT2D eigenvalue weighted by Gasteiger charge is 2.33. The fourth-order valence-corrected chi connectivity index (χ4v) is 3.63. The number of rotatable bonds is 5. The van der Waals surface area contributed by atoms with Crippen molar-refractivity contribution in [2.45, 2.75) is 6.18 Å². The summed E-state index contributed by atoms with van der Waals surface area (Å²) < 4.78 is 73.2. The van der Waals surface area contributed by atoms with Crippen molar-refractivity contribution in [3.63, 3.8) is 0 Å². The van der Waals surface area contributed by atoms with E-state index in [9.17, 15) is 27.2 Å². The van der Waals surface area contributed by atoms with Crippen LogP contribution in [0.3, 0.4) is 0 Å². The molecule has 0 bridgehead atoms. The van der Waals surface area contributed by atoms with E-state index in [1.807, 2.05) is 0 Å². The second-order valence-corrected chi connectivity index (χ2v) is 7.91. The standard InChI is InChI=1S/C24H14ClF5N4O3/c1-37-19-10-31-16-6-2-11(8-18(16)33-19)22(35)20-15(26)5-7-17(21(20)27)34-23(36)32-12-3-4-13(14(25)9-12)24(28,29)30/h2-10H,1H3,(H2,32,34,36). The molecule has 0 saturated heterocycles. The van der Waals surface area contributed by atoms with Crippen LogP contribution in [0.25, 0.3) is 11.0 Å². The molecule has 1 heterocycles. The smallest absolute Gasteiger partial charge is 0.417 e. The molecule has 0 aliphatic heterocycles. The molecule has 7 nitrogen and oxygen atoms in total. The highest BCUT2D eigenvalue weighted by Crippen LogP contribution is 2.36. The average molecular weight is 537 g/mol. The third-order valence-electron chi connectivity index (χ3n) is 5.09. The number of carbonyl (C=O) groups is 2. The van der Waals surface area contributed by atoms with E-state index in [-0.39, 0.29) is 22.6 Å². The van der Waals surface area contributed by atoms with E-state index >= 15 is 4.39 Å². The fraction of sp³-hybridized carbons (Fsp3) is 0.0833. The van der Waals surface area contributed by atoms with Crippen LogP contribution >= 0.6 is 11.6 Å². The topological polar surface area (TPSA) is 93.2 Å². The van der Waals surface area contributed by atoms with Crippen LogP contribution in [0.2, 0.25) is 5.02 Å². The van der Waals surface area contributed by atoms with Gasteiger partial charge in [-0.1, -0.05) is 11.6 Å². The molecule has 0 spiro atoms. The Bertz CT molecular complexity index is 1550. The molecule has 0 aliphatic rings. The van der Waals surface area contributed by atoms with E-state index in [4.69, 9.17) is 16.3 Å². The Morgan fingerprint density at radius 2 is 1.73 bits per heavy atom. The first-order valence-electron chi connectivity index (χ1n) is 10.3. The molecule has 2 amide bonds. The Balaban J connectivity index is 1.58. The number of anilines is 2. The van der Waals surface area contributed by atoms with Gasteiger partial charge in [0.05, 0.1) is 46.2 Å². The Hall–Kier alpha value is -4.32. The summed E-state index contributed by atoms with van der Waals surface area (Å²) in [4.78, 5) is 33.5. The Kier molecular flexibility index (Phi) is 6.94. The predicted molar refractivity (Wildman–Crippen MR) is 125 cm³/mol. The number of hydrogen-bond acceptors (Lipinski definition) is 5. The third-order valence-corrected chi connectivity index (χ3v) is 5.40. The Morgan fingerprint density at radius 3 is 2.41 bits per heavy atom. The number of alkyl halides is 3. The summed E-state index contributed by atoms with van der Waals surface area (Å²) in [6.07, 6.45) is -3.33. The Morgan fingerprint density at radius 1 is 0.973 bits per heavy atom. The van der Waals surface area contributed by atoms with Crippen LogP contribution in [0.5, 0.6) is 5.88 Å². The maximum Gasteiger partial charge on any atom is 0.417 e. The molecular weight excluding hydrogens is 523 g/mol. The summed E-state index contributed by atoms with van der Waals surface area (Å²) in [5, 5.41) is 3.62. The first kappa shape index (κ1) is 25.8. The zero-order valence-corrected chi connectivity index (χ0v) is 19.3. The van der Waals surface area contributed by atoms with E-state index in [0.717, 1.165) is 24.3 Å². The second-order valence-electron chi connectivity index (χ2n) is 7.50. The van der Waals surface area contributed by atoms with Gasteiger partial charge in [0, 0.05) is 11.3 Å². The SMILES string of the molecule is COc1cnc2ccc(C(=O)c3c(F)ccc(NC(=O)Nc4ccc(C(F)(F)F)c(Cl)c4)c3F)cc2n1. The van der Waals surface area contributed by atoms with Crippen LogP contribution in [0, 0.1) is 11.6 Å². The maximum atomic E-state index is 15.2. The minimum Gasteiger partial charge on any atom is -0.480 e. The molecule has 4 rings (SSSR count). The number of methoxy groups -OCH3 is 1. The fourth-order valence-electron chi connectivity index (χ4n) is 3.34. The summed E-state index contributed by atoms with van der Waals surface area (Å²) in [6, 6.07) is 7.10. The van der Waals surface area contributed by atoms with Gasteiger partial charge in [-0.3, -0.25) is 4.79 Å². The van der Waals surface area contributed by atoms with Gasteiger partial charge in [-0.25, -0.2) is 23.5 Å². The normalized spacial score (nSPS) is 11.3. The van der Waals surface area contributed by atoms with E-state index in [1.54, 1.807) is 0 Å². The van der Waals surface area contributed by atoms with Crippen molar-refractivity contribution in [1.29, 1.82) is 0 Å². The number of ketones is 1. The number of benzene rings is 3. The second kappa shape index (κ2) is 9.97. The van der Waals surface area contributed by atoms with Crippen LogP contribution in [-0.2, 0) is 6.18 Å². The molecule has 190 valence electrons. The van der Waals surface area contributed by atoms with E-state index in [2.05, 4.69) is 20.6 Å². The number of urea groups is 1. The summed E-state index contributed by atoms with van der Waals surface area (Å²) in [5.74, 6) is -3.40. The molecule has 4 aromatic rings. The molecule has 0 unspecified atom stereocenters. The zero-order valence-electron chi connectivity index (χ0n) is 18.6. The van der Waals surface area contributed by atoms with Crippen LogP contribution in [0.4, 0.5) is 38.1 Å². The van der Waals surface area contributed by atoms with Crippen LogP contribution < -0.4 is 15.4 Å². The number of fused-ring (bicyclic) bond motifs is 1. The van der Waals surface area contributed by atoms with Gasteiger partial charge in [0.1, 0.15) is 5.82 Å². The van der Waals surface area contributed by atoms with E-state index in [0.29, 0.717) is 11.6 Å². The minimum atomic E-state index is -4.69. The van der Waals surface area contributed by atoms with Crippen molar-refractivity contribution >= 4 is 45.8 Å². The number of ether oxygens (including phenoxy) is 1. The van der Waals surface area contributed by atoms with Gasteiger partial charge in [-0.2, -0.15) is 13.2 Å². The first-order chi connectivity index (χ1) is 17.5. The van der Waals surface area contributed by atoms with Gasteiger partial charge >= 0.3 is 12.2 Å². The van der Waals surface area contributed by atoms with Crippen molar-refractivity contribution in [2.75, 3.05) is 17.7 Å². The highest BCUT2D eigenvalue weighted by molar-refractivity contribution is 6.31. The number of nitrogens with zero attached hydrogens (tertiary/aromatic N) is 2. The summed E-state index contributed by atoms with van der Waals surface area (Å²) in [6.45, 7) is 0. The molecule has 0 atom stereocenters. The lowest BCUT2D eigenvalue weighted by Gasteiger charge is -2.13. The van der Waals surface area contributed by atoms with Crippen LogP contribution in [0.1, 0.15) is 21.5 Å². The number of halogens is 6. The molecule has 13 heteroatoms. The van der Waals surface area contributed by atoms with Crippen molar-refractivity contribution in [2.24, 2.45) is 0 Å². The molecule has 0 saturated carbocycles. The number of nitrogens with one attached hydrogen (secondary N) is 2. The number of aromatic nitrogens is 2. The average Bonchev–Trinajstić information content (AvgIpc) is 2.84. The first-order valence-corrected chi connectivity index (χ1v) is 10.6. The Labute approximate surface area is 210 Å². The summed E-state index contributed by atoms with van der Waals surface area (Å²) in [7, 11) is 1.37. The molecule has 3 aromatic carbocycles. The number of hydrogen-bond donors (Lipinski definition) is 2. The van der Waals surface area contributed by atoms with Crippen molar-refractivity contribution in [3.8, 4) is 5.88 Å². The van der Waals surface area contributed by atoms with Crippen molar-refractivity contribution in [1.82, 2.24) is 9.97 Å². The largest absolute Gasteiger partial charge is 0.480 e. The van der Waals surface area contributed by atoms with E-state index in [1.165, 1.54) is 31.5 Å². The quantitative estimate of drug-likeness (QED) is 0.225. The van der Waals surface area contributed by atoms with E-state index < -0.39 is 51.5 Å². The lowest BCUT2D eigenvalue weighted by molar-refractivity contribution is -0.137. The van der Waals surface area contributed by atoms with Gasteiger partial charge < -0.3 is 15.4 Å². The van der Waals surface area contributed by atoms with Gasteiger partial charge in [0.25, 0.3) is 0 Å². The lowest BCUT2D eigenvalue weighted by Crippen LogP contribution is -2.21. The number of carbonyl (C=O) groups excluding carboxylic acids is 2. The van der Waals surface area contributed by atoms with Crippen molar-refractivity contribution in [3.05, 3.63) is 88.1 Å². The van der Waals surface area contributed by atoms with Crippen molar-refractivity contribution < 1.29 is 36.3 Å². The third kappa shape index (κ3) is 5.43. The van der Waals surface area contributed by atoms with Gasteiger partial charge in [0.15, 0.2) is 11.6 Å². The molecule has 0 aliphatic carbocycles. The summed E-state index contributed by atoms with van der Waals surface area (Å²) in [5.41, 5.74) is -2.17. The monoisotopic (exact) mass is 536 g/mol. The van der Waals surface area contributed by atoms with Gasteiger partial charge in [-0.15, -0.1) is 0 Å². The summed E-state index contributed by atoms with van der Waals surface area (Å²) >= 11 is 5.62. The minimum absolute atomic E-state index is 0.103. The maximum absolute atomic E-state index is 15.2. The molecule has 0 fully saturated rings. The lowest BCUT2D eigenvalue weighted by atomic mass is 10.0. The molecule has 37 heavy (non-hydrogen) atoms. The van der Waals surface area contributed by atoms with Crippen LogP contribution in [-0.4, -0.2) is 28.9 Å². The van der Waals surface area contributed by atoms with Gasteiger partial charge in [-0.05, 0) is 48.5 Å². The van der Waals surface area contributed by atoms with Crippen LogP contribution in [0.15, 0.2) is 54.7 Å². The molecule has 0 radical (unpaired) electrons. The molecule has 2 N–H and O–H groups in total. The highest BCUT2D eigenvalue weighted by atomic mass is 35.5. The molecular formula is C24H14ClF5N4O3. The zero-order chi connectivity index (χ0) is 26.9. The van der Waals surface area contributed by atoms with Gasteiger partial charge in [0.2, 0.25) is 5.88 Å². The number of amides is 2. The predicted octanol–water partition coefficient (Wildman–Crippen LogP) is 6.46. The molecule has 1 aromatic heterocycles.